The third-order valence-corrected chi connectivity index (χ3v) is 3.92. The molecule has 1 aliphatic rings. The molecule has 2 unspecified atom stereocenters. The number of hydrogen-bond donors (Lipinski definition) is 1. The average Bonchev–Trinajstić information content (AvgIpc) is 2.39. The van der Waals surface area contributed by atoms with E-state index in [0.29, 0.717) is 24.1 Å². The van der Waals surface area contributed by atoms with E-state index in [0.717, 1.165) is 25.1 Å². The van der Waals surface area contributed by atoms with Gasteiger partial charge in [0.1, 0.15) is 5.69 Å². The van der Waals surface area contributed by atoms with Crippen molar-refractivity contribution in [1.29, 1.82) is 0 Å². The molecule has 106 valence electrons. The Balaban J connectivity index is 0.00000180. The molecule has 1 saturated heterocycles. The fourth-order valence-corrected chi connectivity index (χ4v) is 2.50. The van der Waals surface area contributed by atoms with Gasteiger partial charge in [-0.2, -0.15) is 0 Å². The molecule has 2 rings (SSSR count). The number of rotatable bonds is 2. The largest absolute Gasteiger partial charge is 0.337 e. The molecule has 1 amide bonds. The molecule has 0 spiro atoms. The quantitative estimate of drug-likeness (QED) is 0.901. The molecule has 1 fully saturated rings. The van der Waals surface area contributed by atoms with Crippen molar-refractivity contribution in [3.05, 3.63) is 29.6 Å². The molecule has 19 heavy (non-hydrogen) atoms. The van der Waals surface area contributed by atoms with E-state index in [1.165, 1.54) is 0 Å². The third kappa shape index (κ3) is 3.45. The molecule has 1 aromatic heterocycles. The van der Waals surface area contributed by atoms with Crippen LogP contribution in [0.3, 0.4) is 0 Å². The van der Waals surface area contributed by atoms with E-state index in [-0.39, 0.29) is 18.3 Å². The van der Waals surface area contributed by atoms with Gasteiger partial charge in [-0.3, -0.25) is 9.78 Å². The molecule has 0 bridgehead atoms. The summed E-state index contributed by atoms with van der Waals surface area (Å²) in [6, 6.07) is 3.78. The lowest BCUT2D eigenvalue weighted by Crippen LogP contribution is -2.45. The van der Waals surface area contributed by atoms with Crippen LogP contribution in [-0.4, -0.2) is 35.4 Å². The van der Waals surface area contributed by atoms with Gasteiger partial charge < -0.3 is 10.6 Å². The maximum Gasteiger partial charge on any atom is 0.272 e. The highest BCUT2D eigenvalue weighted by molar-refractivity contribution is 5.93. The Morgan fingerprint density at radius 1 is 1.58 bits per heavy atom. The molecular formula is C14H22ClN3O. The number of aromatic nitrogens is 1. The summed E-state index contributed by atoms with van der Waals surface area (Å²) in [5.41, 5.74) is 7.28. The van der Waals surface area contributed by atoms with E-state index >= 15 is 0 Å². The van der Waals surface area contributed by atoms with Crippen molar-refractivity contribution < 1.29 is 4.79 Å². The summed E-state index contributed by atoms with van der Waals surface area (Å²) in [6.45, 7) is 6.35. The lowest BCUT2D eigenvalue weighted by Gasteiger charge is -2.36. The van der Waals surface area contributed by atoms with E-state index < -0.39 is 0 Å². The first-order valence-electron chi connectivity index (χ1n) is 6.54. The van der Waals surface area contributed by atoms with Crippen molar-refractivity contribution in [2.45, 2.75) is 20.3 Å². The zero-order valence-electron chi connectivity index (χ0n) is 11.5. The second-order valence-electron chi connectivity index (χ2n) is 5.18. The molecule has 2 heterocycles. The Labute approximate surface area is 120 Å². The van der Waals surface area contributed by atoms with Crippen molar-refractivity contribution >= 4 is 18.3 Å². The highest BCUT2D eigenvalue weighted by atomic mass is 35.5. The molecule has 2 atom stereocenters. The number of carbonyl (C=O) groups is 1. The van der Waals surface area contributed by atoms with E-state index in [1.54, 1.807) is 6.20 Å². The van der Waals surface area contributed by atoms with Crippen LogP contribution in [0.1, 0.15) is 29.4 Å². The predicted octanol–water partition coefficient (Wildman–Crippen LogP) is 1.87. The summed E-state index contributed by atoms with van der Waals surface area (Å²) in [6.07, 6.45) is 2.70. The monoisotopic (exact) mass is 283 g/mol. The topological polar surface area (TPSA) is 59.2 Å². The Bertz CT molecular complexity index is 438. The van der Waals surface area contributed by atoms with Crippen LogP contribution in [-0.2, 0) is 0 Å². The highest BCUT2D eigenvalue weighted by Crippen LogP contribution is 2.23. The molecule has 0 aromatic carbocycles. The van der Waals surface area contributed by atoms with Gasteiger partial charge in [-0.15, -0.1) is 12.4 Å². The van der Waals surface area contributed by atoms with Gasteiger partial charge in [0.25, 0.3) is 5.91 Å². The third-order valence-electron chi connectivity index (χ3n) is 3.92. The summed E-state index contributed by atoms with van der Waals surface area (Å²) >= 11 is 0. The molecular weight excluding hydrogens is 262 g/mol. The highest BCUT2D eigenvalue weighted by Gasteiger charge is 2.29. The summed E-state index contributed by atoms with van der Waals surface area (Å²) in [5, 5.41) is 0. The molecule has 0 saturated carbocycles. The number of piperidine rings is 1. The van der Waals surface area contributed by atoms with Gasteiger partial charge in [-0.25, -0.2) is 0 Å². The summed E-state index contributed by atoms with van der Waals surface area (Å²) in [7, 11) is 0. The first kappa shape index (κ1) is 15.9. The number of amides is 1. The van der Waals surface area contributed by atoms with Crippen LogP contribution in [0.15, 0.2) is 18.3 Å². The Morgan fingerprint density at radius 3 is 2.95 bits per heavy atom. The lowest BCUT2D eigenvalue weighted by molar-refractivity contribution is 0.0612. The molecule has 1 aliphatic heterocycles. The SMILES string of the molecule is Cc1cccnc1C(=O)N1CCC(C)C(CN)C1.Cl. The average molecular weight is 284 g/mol. The van der Waals surface area contributed by atoms with Crippen molar-refractivity contribution in [3.63, 3.8) is 0 Å². The molecule has 0 aliphatic carbocycles. The summed E-state index contributed by atoms with van der Waals surface area (Å²) in [5.74, 6) is 1.05. The number of pyridine rings is 1. The zero-order chi connectivity index (χ0) is 13.1. The maximum atomic E-state index is 12.4. The minimum atomic E-state index is 0. The fraction of sp³-hybridized carbons (Fsp3) is 0.571. The number of nitrogens with zero attached hydrogens (tertiary/aromatic N) is 2. The van der Waals surface area contributed by atoms with Crippen LogP contribution in [0.5, 0.6) is 0 Å². The van der Waals surface area contributed by atoms with E-state index in [2.05, 4.69) is 11.9 Å². The number of likely N-dealkylation sites (tertiary alicyclic amines) is 1. The van der Waals surface area contributed by atoms with Gasteiger partial charge in [-0.1, -0.05) is 13.0 Å². The molecule has 0 radical (unpaired) electrons. The van der Waals surface area contributed by atoms with Gasteiger partial charge in [0.2, 0.25) is 0 Å². The predicted molar refractivity (Wildman–Crippen MR) is 78.5 cm³/mol. The number of carbonyl (C=O) groups excluding carboxylic acids is 1. The molecule has 4 nitrogen and oxygen atoms in total. The molecule has 1 aromatic rings. The fourth-order valence-electron chi connectivity index (χ4n) is 2.50. The van der Waals surface area contributed by atoms with Crippen molar-refractivity contribution in [2.75, 3.05) is 19.6 Å². The van der Waals surface area contributed by atoms with Crippen molar-refractivity contribution in [3.8, 4) is 0 Å². The van der Waals surface area contributed by atoms with Crippen LogP contribution in [0.25, 0.3) is 0 Å². The van der Waals surface area contributed by atoms with Gasteiger partial charge >= 0.3 is 0 Å². The van der Waals surface area contributed by atoms with Crippen molar-refractivity contribution in [1.82, 2.24) is 9.88 Å². The first-order chi connectivity index (χ1) is 8.63. The zero-order valence-corrected chi connectivity index (χ0v) is 12.3. The van der Waals surface area contributed by atoms with Crippen LogP contribution < -0.4 is 5.73 Å². The Morgan fingerprint density at radius 2 is 2.32 bits per heavy atom. The molecule has 2 N–H and O–H groups in total. The summed E-state index contributed by atoms with van der Waals surface area (Å²) < 4.78 is 0. The molecule has 5 heteroatoms. The van der Waals surface area contributed by atoms with E-state index in [9.17, 15) is 4.79 Å². The summed E-state index contributed by atoms with van der Waals surface area (Å²) in [4.78, 5) is 18.5. The van der Waals surface area contributed by atoms with E-state index in [4.69, 9.17) is 5.73 Å². The maximum absolute atomic E-state index is 12.4. The van der Waals surface area contributed by atoms with Gasteiger partial charge in [0, 0.05) is 19.3 Å². The van der Waals surface area contributed by atoms with Gasteiger partial charge in [-0.05, 0) is 43.4 Å². The Kier molecular flexibility index (Phi) is 5.76. The second kappa shape index (κ2) is 6.87. The number of nitrogens with two attached hydrogens (primary N) is 1. The lowest BCUT2D eigenvalue weighted by atomic mass is 9.87. The van der Waals surface area contributed by atoms with Crippen LogP contribution >= 0.6 is 12.4 Å². The normalized spacial score (nSPS) is 22.8. The standard InChI is InChI=1S/C14H21N3O.ClH/c1-10-5-7-17(9-12(10)8-15)14(18)13-11(2)4-3-6-16-13;/h3-4,6,10,12H,5,7-9,15H2,1-2H3;1H. The Hall–Kier alpha value is -1.13. The number of halogens is 1. The number of aryl methyl sites for hydroxylation is 1. The van der Waals surface area contributed by atoms with Crippen LogP contribution in [0, 0.1) is 18.8 Å². The van der Waals surface area contributed by atoms with Crippen LogP contribution in [0.4, 0.5) is 0 Å². The number of hydrogen-bond acceptors (Lipinski definition) is 3. The first-order valence-corrected chi connectivity index (χ1v) is 6.54. The minimum Gasteiger partial charge on any atom is -0.337 e. The van der Waals surface area contributed by atoms with Crippen molar-refractivity contribution in [2.24, 2.45) is 17.6 Å². The van der Waals surface area contributed by atoms with E-state index in [1.807, 2.05) is 24.0 Å². The van der Waals surface area contributed by atoms with Gasteiger partial charge in [0.05, 0.1) is 0 Å². The minimum absolute atomic E-state index is 0. The van der Waals surface area contributed by atoms with Gasteiger partial charge in [0.15, 0.2) is 0 Å². The van der Waals surface area contributed by atoms with Crippen LogP contribution in [0.2, 0.25) is 0 Å². The second-order valence-corrected chi connectivity index (χ2v) is 5.18. The smallest absolute Gasteiger partial charge is 0.272 e.